The van der Waals surface area contributed by atoms with E-state index in [-0.39, 0.29) is 11.9 Å². The maximum Gasteiger partial charge on any atom is 0.321 e. The van der Waals surface area contributed by atoms with Gasteiger partial charge in [-0.25, -0.2) is 4.79 Å². The smallest absolute Gasteiger partial charge is 0.321 e. The fourth-order valence-electron chi connectivity index (χ4n) is 2.90. The van der Waals surface area contributed by atoms with Gasteiger partial charge in [0.05, 0.1) is 6.54 Å². The van der Waals surface area contributed by atoms with E-state index in [4.69, 9.17) is 11.6 Å². The summed E-state index contributed by atoms with van der Waals surface area (Å²) in [4.78, 5) is 28.3. The number of nitrogens with one attached hydrogen (secondary N) is 2. The van der Waals surface area contributed by atoms with Crippen LogP contribution in [0.2, 0.25) is 5.02 Å². The molecule has 3 amide bonds. The zero-order valence-corrected chi connectivity index (χ0v) is 15.8. The number of hydrogen-bond donors (Lipinski definition) is 2. The highest BCUT2D eigenvalue weighted by Crippen LogP contribution is 2.14. The summed E-state index contributed by atoms with van der Waals surface area (Å²) in [5.41, 5.74) is 1.79. The van der Waals surface area contributed by atoms with Crippen LogP contribution in [0.5, 0.6) is 0 Å². The van der Waals surface area contributed by atoms with Gasteiger partial charge in [0, 0.05) is 43.4 Å². The van der Waals surface area contributed by atoms with Crippen LogP contribution in [0.15, 0.2) is 54.6 Å². The predicted molar refractivity (Wildman–Crippen MR) is 107 cm³/mol. The van der Waals surface area contributed by atoms with E-state index >= 15 is 0 Å². The zero-order chi connectivity index (χ0) is 19.1. The van der Waals surface area contributed by atoms with Crippen LogP contribution in [-0.2, 0) is 11.3 Å². The molecule has 27 heavy (non-hydrogen) atoms. The predicted octanol–water partition coefficient (Wildman–Crippen LogP) is 2.81. The number of anilines is 1. The molecule has 1 heterocycles. The lowest BCUT2D eigenvalue weighted by molar-refractivity contribution is -0.122. The first-order valence-corrected chi connectivity index (χ1v) is 9.32. The number of carbonyl (C=O) groups is 2. The first-order valence-electron chi connectivity index (χ1n) is 8.94. The van der Waals surface area contributed by atoms with Crippen LogP contribution in [0.3, 0.4) is 0 Å². The molecule has 0 aromatic heterocycles. The van der Waals surface area contributed by atoms with Gasteiger partial charge < -0.3 is 15.5 Å². The average molecular weight is 387 g/mol. The van der Waals surface area contributed by atoms with Gasteiger partial charge in [-0.15, -0.1) is 0 Å². The molecule has 142 valence electrons. The minimum atomic E-state index is -0.134. The highest BCUT2D eigenvalue weighted by Gasteiger charge is 2.22. The summed E-state index contributed by atoms with van der Waals surface area (Å²) in [5, 5.41) is 6.43. The molecule has 1 saturated heterocycles. The largest absolute Gasteiger partial charge is 0.351 e. The Bertz CT molecular complexity index is 759. The molecule has 1 aliphatic heterocycles. The van der Waals surface area contributed by atoms with E-state index in [1.165, 1.54) is 0 Å². The number of urea groups is 1. The van der Waals surface area contributed by atoms with Crippen molar-refractivity contribution < 1.29 is 9.59 Å². The van der Waals surface area contributed by atoms with E-state index in [1.807, 2.05) is 30.3 Å². The number of nitrogens with zero attached hydrogens (tertiary/aromatic N) is 2. The normalized spacial score (nSPS) is 14.6. The first-order chi connectivity index (χ1) is 13.1. The Hall–Kier alpha value is -2.57. The molecule has 0 radical (unpaired) electrons. The molecule has 0 unspecified atom stereocenters. The second kappa shape index (κ2) is 9.39. The maximum atomic E-state index is 12.3. The van der Waals surface area contributed by atoms with Gasteiger partial charge in [0.1, 0.15) is 0 Å². The number of hydrogen-bond acceptors (Lipinski definition) is 3. The summed E-state index contributed by atoms with van der Waals surface area (Å²) in [6, 6.07) is 16.7. The Morgan fingerprint density at radius 3 is 2.26 bits per heavy atom. The molecule has 6 nitrogen and oxygen atoms in total. The van der Waals surface area contributed by atoms with Crippen molar-refractivity contribution in [1.82, 2.24) is 15.1 Å². The van der Waals surface area contributed by atoms with E-state index in [1.54, 1.807) is 29.2 Å². The summed E-state index contributed by atoms with van der Waals surface area (Å²) in [7, 11) is 0. The van der Waals surface area contributed by atoms with Gasteiger partial charge >= 0.3 is 6.03 Å². The van der Waals surface area contributed by atoms with Crippen LogP contribution in [0.1, 0.15) is 5.56 Å². The minimum absolute atomic E-state index is 0.00193. The molecule has 2 aromatic rings. The maximum absolute atomic E-state index is 12.3. The second-order valence-corrected chi connectivity index (χ2v) is 6.90. The molecule has 2 aromatic carbocycles. The molecule has 0 spiro atoms. The van der Waals surface area contributed by atoms with Gasteiger partial charge in [-0.1, -0.05) is 41.9 Å². The number of halogens is 1. The number of amides is 3. The molecule has 7 heteroatoms. The highest BCUT2D eigenvalue weighted by atomic mass is 35.5. The molecule has 0 aliphatic carbocycles. The number of carbonyl (C=O) groups excluding carboxylic acids is 2. The van der Waals surface area contributed by atoms with Crippen LogP contribution >= 0.6 is 11.6 Å². The van der Waals surface area contributed by atoms with E-state index < -0.39 is 0 Å². The van der Waals surface area contributed by atoms with Crippen molar-refractivity contribution in [3.63, 3.8) is 0 Å². The van der Waals surface area contributed by atoms with Crippen LogP contribution in [-0.4, -0.2) is 54.5 Å². The summed E-state index contributed by atoms with van der Waals surface area (Å²) >= 11 is 5.85. The van der Waals surface area contributed by atoms with Crippen molar-refractivity contribution in [3.05, 3.63) is 65.2 Å². The number of rotatable bonds is 5. The third kappa shape index (κ3) is 5.98. The van der Waals surface area contributed by atoms with Crippen LogP contribution < -0.4 is 10.6 Å². The van der Waals surface area contributed by atoms with Gasteiger partial charge in [0.15, 0.2) is 0 Å². The summed E-state index contributed by atoms with van der Waals surface area (Å²) in [5.74, 6) is -0.00193. The van der Waals surface area contributed by atoms with E-state index in [0.29, 0.717) is 50.0 Å². The molecule has 1 aliphatic rings. The molecule has 0 saturated carbocycles. The second-order valence-electron chi connectivity index (χ2n) is 6.46. The van der Waals surface area contributed by atoms with Crippen LogP contribution in [0, 0.1) is 0 Å². The topological polar surface area (TPSA) is 64.7 Å². The van der Waals surface area contributed by atoms with Gasteiger partial charge in [-0.05, 0) is 29.8 Å². The van der Waals surface area contributed by atoms with Crippen molar-refractivity contribution in [2.75, 3.05) is 38.0 Å². The van der Waals surface area contributed by atoms with Crippen molar-refractivity contribution in [2.45, 2.75) is 6.54 Å². The molecule has 2 N–H and O–H groups in total. The van der Waals surface area contributed by atoms with E-state index in [2.05, 4.69) is 15.5 Å². The fraction of sp³-hybridized carbons (Fsp3) is 0.300. The van der Waals surface area contributed by atoms with Crippen LogP contribution in [0.25, 0.3) is 0 Å². The minimum Gasteiger partial charge on any atom is -0.351 e. The lowest BCUT2D eigenvalue weighted by Crippen LogP contribution is -2.52. The van der Waals surface area contributed by atoms with Gasteiger partial charge in [-0.2, -0.15) is 0 Å². The Balaban J connectivity index is 1.38. The van der Waals surface area contributed by atoms with Gasteiger partial charge in [0.25, 0.3) is 0 Å². The van der Waals surface area contributed by atoms with E-state index in [9.17, 15) is 9.59 Å². The standard InChI is InChI=1S/C20H23ClN4O2/c21-17-6-8-18(9-7-17)23-20(27)25-12-10-24(11-13-25)15-19(26)22-14-16-4-2-1-3-5-16/h1-9H,10-15H2,(H,22,26)(H,23,27). The molecule has 1 fully saturated rings. The monoisotopic (exact) mass is 386 g/mol. The summed E-state index contributed by atoms with van der Waals surface area (Å²) < 4.78 is 0. The average Bonchev–Trinajstić information content (AvgIpc) is 2.69. The Kier molecular flexibility index (Phi) is 6.68. The van der Waals surface area contributed by atoms with Gasteiger partial charge in [-0.3, -0.25) is 9.69 Å². The molecule has 0 atom stereocenters. The summed E-state index contributed by atoms with van der Waals surface area (Å²) in [6.45, 7) is 3.40. The first kappa shape index (κ1) is 19.2. The molecule has 0 bridgehead atoms. The van der Waals surface area contributed by atoms with Crippen molar-refractivity contribution >= 4 is 29.2 Å². The molecular weight excluding hydrogens is 364 g/mol. The Morgan fingerprint density at radius 1 is 0.926 bits per heavy atom. The van der Waals surface area contributed by atoms with Crippen LogP contribution in [0.4, 0.5) is 10.5 Å². The lowest BCUT2D eigenvalue weighted by atomic mass is 10.2. The SMILES string of the molecule is O=C(CN1CCN(C(=O)Nc2ccc(Cl)cc2)CC1)NCc1ccccc1. The fourth-order valence-corrected chi connectivity index (χ4v) is 3.03. The third-order valence-electron chi connectivity index (χ3n) is 4.45. The van der Waals surface area contributed by atoms with Gasteiger partial charge in [0.2, 0.25) is 5.91 Å². The van der Waals surface area contributed by atoms with E-state index in [0.717, 1.165) is 5.56 Å². The molecular formula is C20H23ClN4O2. The Morgan fingerprint density at radius 2 is 1.59 bits per heavy atom. The highest BCUT2D eigenvalue weighted by molar-refractivity contribution is 6.30. The lowest BCUT2D eigenvalue weighted by Gasteiger charge is -2.34. The van der Waals surface area contributed by atoms with Crippen molar-refractivity contribution in [1.29, 1.82) is 0 Å². The Labute approximate surface area is 164 Å². The zero-order valence-electron chi connectivity index (χ0n) is 15.0. The van der Waals surface area contributed by atoms with Crippen molar-refractivity contribution in [2.24, 2.45) is 0 Å². The molecule has 3 rings (SSSR count). The van der Waals surface area contributed by atoms with Crippen molar-refractivity contribution in [3.8, 4) is 0 Å². The number of piperazine rings is 1. The quantitative estimate of drug-likeness (QED) is 0.830. The summed E-state index contributed by atoms with van der Waals surface area (Å²) in [6.07, 6.45) is 0. The number of benzene rings is 2. The third-order valence-corrected chi connectivity index (χ3v) is 4.71.